The number of nitrogens with zero attached hydrogens (tertiary/aromatic N) is 2. The first kappa shape index (κ1) is 12.8. The van der Waals surface area contributed by atoms with Gasteiger partial charge in [-0.1, -0.05) is 12.1 Å². The molecule has 0 bridgehead atoms. The van der Waals surface area contributed by atoms with E-state index in [-0.39, 0.29) is 0 Å². The fraction of sp³-hybridized carbons (Fsp3) is 0.133. The van der Waals surface area contributed by atoms with Gasteiger partial charge in [0.1, 0.15) is 11.8 Å². The van der Waals surface area contributed by atoms with Gasteiger partial charge in [0.2, 0.25) is 0 Å². The summed E-state index contributed by atoms with van der Waals surface area (Å²) in [6.45, 7) is 0. The van der Waals surface area contributed by atoms with Gasteiger partial charge in [-0.3, -0.25) is 0 Å². The van der Waals surface area contributed by atoms with E-state index in [1.165, 1.54) is 0 Å². The van der Waals surface area contributed by atoms with Crippen molar-refractivity contribution in [3.8, 4) is 11.8 Å². The number of methoxy groups -OCH3 is 1. The Labute approximate surface area is 112 Å². The Morgan fingerprint density at radius 1 is 1.21 bits per heavy atom. The molecular formula is C15H15N3O. The van der Waals surface area contributed by atoms with E-state index in [4.69, 9.17) is 15.7 Å². The number of anilines is 3. The van der Waals surface area contributed by atoms with Crippen LogP contribution in [-0.4, -0.2) is 14.2 Å². The van der Waals surface area contributed by atoms with Crippen molar-refractivity contribution in [2.24, 2.45) is 0 Å². The third-order valence-corrected chi connectivity index (χ3v) is 2.99. The van der Waals surface area contributed by atoms with Crippen LogP contribution in [0.1, 0.15) is 5.56 Å². The van der Waals surface area contributed by atoms with Gasteiger partial charge in [0.25, 0.3) is 0 Å². The molecule has 0 saturated carbocycles. The fourth-order valence-corrected chi connectivity index (χ4v) is 1.91. The molecular weight excluding hydrogens is 238 g/mol. The van der Waals surface area contributed by atoms with Crippen LogP contribution in [0.3, 0.4) is 0 Å². The zero-order valence-electron chi connectivity index (χ0n) is 10.9. The van der Waals surface area contributed by atoms with Crippen molar-refractivity contribution >= 4 is 17.1 Å². The maximum atomic E-state index is 9.14. The van der Waals surface area contributed by atoms with Crippen molar-refractivity contribution in [1.29, 1.82) is 5.26 Å². The van der Waals surface area contributed by atoms with Gasteiger partial charge in [0, 0.05) is 18.8 Å². The molecule has 2 aromatic rings. The Hall–Kier alpha value is -2.67. The summed E-state index contributed by atoms with van der Waals surface area (Å²) in [5.41, 5.74) is 8.77. The smallest absolute Gasteiger partial charge is 0.143 e. The number of nitrogen functional groups attached to an aromatic ring is 1. The van der Waals surface area contributed by atoms with E-state index < -0.39 is 0 Å². The molecule has 0 spiro atoms. The topological polar surface area (TPSA) is 62.3 Å². The van der Waals surface area contributed by atoms with Crippen LogP contribution in [0, 0.1) is 11.3 Å². The summed E-state index contributed by atoms with van der Waals surface area (Å²) < 4.78 is 5.21. The fourth-order valence-electron chi connectivity index (χ4n) is 1.91. The van der Waals surface area contributed by atoms with Crippen molar-refractivity contribution in [2.45, 2.75) is 0 Å². The molecule has 0 heterocycles. The van der Waals surface area contributed by atoms with E-state index in [1.54, 1.807) is 19.2 Å². The SMILES string of the molecule is COc1cc(N(C)c2ccccc2C#N)ccc1N. The zero-order chi connectivity index (χ0) is 13.8. The maximum absolute atomic E-state index is 9.14. The summed E-state index contributed by atoms with van der Waals surface area (Å²) >= 11 is 0. The number of nitriles is 1. The number of benzene rings is 2. The minimum atomic E-state index is 0.591. The lowest BCUT2D eigenvalue weighted by molar-refractivity contribution is 0.417. The highest BCUT2D eigenvalue weighted by molar-refractivity contribution is 5.72. The molecule has 0 atom stereocenters. The Balaban J connectivity index is 2.44. The summed E-state index contributed by atoms with van der Waals surface area (Å²) in [4.78, 5) is 1.93. The summed E-state index contributed by atoms with van der Waals surface area (Å²) in [7, 11) is 3.49. The summed E-state index contributed by atoms with van der Waals surface area (Å²) in [5.74, 6) is 0.624. The molecule has 96 valence electrons. The standard InChI is InChI=1S/C15H15N3O/c1-18(14-6-4-3-5-11(14)10-16)12-7-8-13(17)15(9-12)19-2/h3-9H,17H2,1-2H3. The predicted octanol–water partition coefficient (Wildman–Crippen LogP) is 2.92. The number of hydrogen-bond donors (Lipinski definition) is 1. The molecule has 0 amide bonds. The molecule has 2 N–H and O–H groups in total. The molecule has 0 aromatic heterocycles. The second kappa shape index (κ2) is 5.32. The van der Waals surface area contributed by atoms with Gasteiger partial charge in [0.15, 0.2) is 0 Å². The first-order chi connectivity index (χ1) is 9.17. The van der Waals surface area contributed by atoms with Gasteiger partial charge in [-0.25, -0.2) is 0 Å². The lowest BCUT2D eigenvalue weighted by atomic mass is 10.1. The molecule has 0 aliphatic heterocycles. The molecule has 0 radical (unpaired) electrons. The largest absolute Gasteiger partial charge is 0.495 e. The highest BCUT2D eigenvalue weighted by Gasteiger charge is 2.10. The highest BCUT2D eigenvalue weighted by atomic mass is 16.5. The number of ether oxygens (including phenoxy) is 1. The first-order valence-electron chi connectivity index (χ1n) is 5.83. The van der Waals surface area contributed by atoms with Crippen LogP contribution in [0.25, 0.3) is 0 Å². The summed E-state index contributed by atoms with van der Waals surface area (Å²) in [6, 6.07) is 15.2. The Bertz CT molecular complexity index is 632. The quantitative estimate of drug-likeness (QED) is 0.854. The second-order valence-corrected chi connectivity index (χ2v) is 4.11. The van der Waals surface area contributed by atoms with E-state index >= 15 is 0 Å². The van der Waals surface area contributed by atoms with Crippen LogP contribution in [0.4, 0.5) is 17.1 Å². The van der Waals surface area contributed by atoms with Crippen molar-refractivity contribution < 1.29 is 4.74 Å². The Morgan fingerprint density at radius 2 is 1.95 bits per heavy atom. The number of para-hydroxylation sites is 1. The number of hydrogen-bond acceptors (Lipinski definition) is 4. The molecule has 0 unspecified atom stereocenters. The number of rotatable bonds is 3. The third kappa shape index (κ3) is 2.45. The van der Waals surface area contributed by atoms with E-state index in [9.17, 15) is 0 Å². The predicted molar refractivity (Wildman–Crippen MR) is 76.6 cm³/mol. The van der Waals surface area contributed by atoms with Crippen LogP contribution in [0.2, 0.25) is 0 Å². The van der Waals surface area contributed by atoms with Crippen LogP contribution < -0.4 is 15.4 Å². The summed E-state index contributed by atoms with van der Waals surface area (Å²) in [5, 5.41) is 9.14. The summed E-state index contributed by atoms with van der Waals surface area (Å²) in [6.07, 6.45) is 0. The average molecular weight is 253 g/mol. The monoisotopic (exact) mass is 253 g/mol. The zero-order valence-corrected chi connectivity index (χ0v) is 10.9. The molecule has 4 heteroatoms. The number of nitrogens with two attached hydrogens (primary N) is 1. The molecule has 0 fully saturated rings. The molecule has 0 aliphatic rings. The van der Waals surface area contributed by atoms with Crippen molar-refractivity contribution in [3.63, 3.8) is 0 Å². The van der Waals surface area contributed by atoms with E-state index in [0.29, 0.717) is 17.0 Å². The van der Waals surface area contributed by atoms with Crippen LogP contribution >= 0.6 is 0 Å². The van der Waals surface area contributed by atoms with Gasteiger partial charge < -0.3 is 15.4 Å². The van der Waals surface area contributed by atoms with Gasteiger partial charge in [-0.05, 0) is 24.3 Å². The molecule has 19 heavy (non-hydrogen) atoms. The van der Waals surface area contributed by atoms with Crippen LogP contribution in [0.15, 0.2) is 42.5 Å². The molecule has 0 aliphatic carbocycles. The first-order valence-corrected chi connectivity index (χ1v) is 5.83. The molecule has 2 aromatic carbocycles. The lowest BCUT2D eigenvalue weighted by Crippen LogP contribution is -2.11. The van der Waals surface area contributed by atoms with Gasteiger partial charge in [-0.2, -0.15) is 5.26 Å². The molecule has 2 rings (SSSR count). The van der Waals surface area contributed by atoms with E-state index in [2.05, 4.69) is 6.07 Å². The van der Waals surface area contributed by atoms with Gasteiger partial charge >= 0.3 is 0 Å². The minimum Gasteiger partial charge on any atom is -0.495 e. The average Bonchev–Trinajstić information content (AvgIpc) is 2.47. The van der Waals surface area contributed by atoms with Crippen LogP contribution in [-0.2, 0) is 0 Å². The minimum absolute atomic E-state index is 0.591. The van der Waals surface area contributed by atoms with Gasteiger partial charge in [-0.15, -0.1) is 0 Å². The van der Waals surface area contributed by atoms with E-state index in [1.807, 2.05) is 42.3 Å². The van der Waals surface area contributed by atoms with E-state index in [0.717, 1.165) is 11.4 Å². The second-order valence-electron chi connectivity index (χ2n) is 4.11. The Morgan fingerprint density at radius 3 is 2.63 bits per heavy atom. The Kier molecular flexibility index (Phi) is 3.58. The van der Waals surface area contributed by atoms with Crippen molar-refractivity contribution in [2.75, 3.05) is 24.8 Å². The van der Waals surface area contributed by atoms with Crippen LogP contribution in [0.5, 0.6) is 5.75 Å². The molecule has 0 saturated heterocycles. The van der Waals surface area contributed by atoms with Crippen molar-refractivity contribution in [1.82, 2.24) is 0 Å². The molecule has 4 nitrogen and oxygen atoms in total. The lowest BCUT2D eigenvalue weighted by Gasteiger charge is -2.21. The highest BCUT2D eigenvalue weighted by Crippen LogP contribution is 2.31. The normalized spacial score (nSPS) is 9.74. The third-order valence-electron chi connectivity index (χ3n) is 2.99. The maximum Gasteiger partial charge on any atom is 0.143 e. The van der Waals surface area contributed by atoms with Gasteiger partial charge in [0.05, 0.1) is 24.0 Å². The van der Waals surface area contributed by atoms with Crippen molar-refractivity contribution in [3.05, 3.63) is 48.0 Å².